The smallest absolute Gasteiger partial charge is 0.134 e. The van der Waals surface area contributed by atoms with Gasteiger partial charge in [-0.15, -0.1) is 0 Å². The molecule has 1 aromatic heterocycles. The highest BCUT2D eigenvalue weighted by Gasteiger charge is 2.16. The molecule has 19 heavy (non-hydrogen) atoms. The highest BCUT2D eigenvalue weighted by Crippen LogP contribution is 2.29. The van der Waals surface area contributed by atoms with Gasteiger partial charge in [0.2, 0.25) is 0 Å². The van der Waals surface area contributed by atoms with Crippen LogP contribution in [0, 0.1) is 6.92 Å². The molecular weight excluding hydrogens is 281 g/mol. The van der Waals surface area contributed by atoms with Crippen molar-refractivity contribution < 1.29 is 0 Å². The van der Waals surface area contributed by atoms with E-state index in [1.54, 1.807) is 6.07 Å². The van der Waals surface area contributed by atoms with Crippen LogP contribution < -0.4 is 4.90 Å². The van der Waals surface area contributed by atoms with E-state index < -0.39 is 0 Å². The minimum atomic E-state index is 0.0964. The monoisotopic (exact) mass is 295 g/mol. The van der Waals surface area contributed by atoms with E-state index in [1.165, 1.54) is 0 Å². The fourth-order valence-corrected chi connectivity index (χ4v) is 2.43. The highest BCUT2D eigenvalue weighted by atomic mass is 35.5. The quantitative estimate of drug-likeness (QED) is 0.791. The van der Waals surface area contributed by atoms with Crippen LogP contribution in [0.4, 0.5) is 5.82 Å². The van der Waals surface area contributed by atoms with Crippen LogP contribution in [0.25, 0.3) is 0 Å². The zero-order valence-corrected chi connectivity index (χ0v) is 12.6. The highest BCUT2D eigenvalue weighted by molar-refractivity contribution is 6.31. The lowest BCUT2D eigenvalue weighted by Gasteiger charge is -2.27. The minimum absolute atomic E-state index is 0.0964. The summed E-state index contributed by atoms with van der Waals surface area (Å²) < 4.78 is 0. The van der Waals surface area contributed by atoms with Gasteiger partial charge in [0.1, 0.15) is 16.8 Å². The van der Waals surface area contributed by atoms with Crippen molar-refractivity contribution in [2.24, 2.45) is 0 Å². The van der Waals surface area contributed by atoms with E-state index >= 15 is 0 Å². The number of aryl methyl sites for hydroxylation is 1. The predicted molar refractivity (Wildman–Crippen MR) is 80.0 cm³/mol. The Kier molecular flexibility index (Phi) is 4.27. The third kappa shape index (κ3) is 3.17. The van der Waals surface area contributed by atoms with E-state index in [9.17, 15) is 0 Å². The van der Waals surface area contributed by atoms with Crippen LogP contribution in [0.3, 0.4) is 0 Å². The first-order chi connectivity index (χ1) is 8.99. The topological polar surface area (TPSA) is 29.0 Å². The van der Waals surface area contributed by atoms with Gasteiger partial charge >= 0.3 is 0 Å². The van der Waals surface area contributed by atoms with Crippen molar-refractivity contribution in [3.05, 3.63) is 51.9 Å². The van der Waals surface area contributed by atoms with E-state index in [0.29, 0.717) is 11.0 Å². The molecule has 1 atom stereocenters. The molecule has 0 N–H and O–H groups in total. The summed E-state index contributed by atoms with van der Waals surface area (Å²) in [6, 6.07) is 9.65. The molecule has 0 saturated heterocycles. The van der Waals surface area contributed by atoms with Crippen molar-refractivity contribution >= 4 is 29.0 Å². The van der Waals surface area contributed by atoms with Gasteiger partial charge < -0.3 is 4.90 Å². The summed E-state index contributed by atoms with van der Waals surface area (Å²) in [6.07, 6.45) is 0. The molecule has 3 nitrogen and oxygen atoms in total. The summed E-state index contributed by atoms with van der Waals surface area (Å²) in [5.41, 5.74) is 1.05. The Morgan fingerprint density at radius 2 is 1.84 bits per heavy atom. The van der Waals surface area contributed by atoms with Crippen molar-refractivity contribution in [2.45, 2.75) is 19.9 Å². The second-order valence-corrected chi connectivity index (χ2v) is 5.20. The first kappa shape index (κ1) is 14.1. The molecule has 0 fully saturated rings. The molecule has 0 spiro atoms. The molecule has 2 rings (SSSR count). The van der Waals surface area contributed by atoms with Gasteiger partial charge in [-0.1, -0.05) is 41.4 Å². The molecule has 0 aliphatic carbocycles. The lowest BCUT2D eigenvalue weighted by molar-refractivity contribution is 0.725. The maximum Gasteiger partial charge on any atom is 0.134 e. The first-order valence-corrected chi connectivity index (χ1v) is 6.73. The molecule has 0 radical (unpaired) electrons. The molecule has 0 aliphatic heterocycles. The van der Waals surface area contributed by atoms with Gasteiger partial charge in [-0.05, 0) is 25.5 Å². The molecule has 1 heterocycles. The van der Waals surface area contributed by atoms with Crippen molar-refractivity contribution in [3.63, 3.8) is 0 Å². The second-order valence-electron chi connectivity index (χ2n) is 4.40. The maximum absolute atomic E-state index is 6.23. The van der Waals surface area contributed by atoms with E-state index in [0.717, 1.165) is 16.4 Å². The Labute approximate surface area is 123 Å². The van der Waals surface area contributed by atoms with Gasteiger partial charge in [-0.3, -0.25) is 0 Å². The summed E-state index contributed by atoms with van der Waals surface area (Å²) in [5.74, 6) is 1.44. The van der Waals surface area contributed by atoms with Crippen LogP contribution in [0.1, 0.15) is 24.4 Å². The van der Waals surface area contributed by atoms with Gasteiger partial charge in [-0.25, -0.2) is 9.97 Å². The molecule has 5 heteroatoms. The Hall–Kier alpha value is -1.32. The zero-order chi connectivity index (χ0) is 14.0. The number of hydrogen-bond acceptors (Lipinski definition) is 3. The summed E-state index contributed by atoms with van der Waals surface area (Å²) in [7, 11) is 1.96. The summed E-state index contributed by atoms with van der Waals surface area (Å²) in [6.45, 7) is 3.90. The summed E-state index contributed by atoms with van der Waals surface area (Å²) >= 11 is 12.2. The molecule has 2 aromatic rings. The van der Waals surface area contributed by atoms with E-state index in [4.69, 9.17) is 23.2 Å². The van der Waals surface area contributed by atoms with Gasteiger partial charge in [-0.2, -0.15) is 0 Å². The fraction of sp³-hybridized carbons (Fsp3) is 0.286. The van der Waals surface area contributed by atoms with Crippen LogP contribution in [-0.2, 0) is 0 Å². The standard InChI is InChI=1S/C14H15Cl2N3/c1-9(11-6-4-5-7-12(11)15)19(3)14-8-13(16)17-10(2)18-14/h4-9H,1-3H3. The maximum atomic E-state index is 6.23. The number of halogens is 2. The first-order valence-electron chi connectivity index (χ1n) is 5.97. The average molecular weight is 296 g/mol. The summed E-state index contributed by atoms with van der Waals surface area (Å²) in [4.78, 5) is 10.5. The number of rotatable bonds is 3. The lowest BCUT2D eigenvalue weighted by Crippen LogP contribution is -2.23. The van der Waals surface area contributed by atoms with E-state index in [2.05, 4.69) is 16.9 Å². The minimum Gasteiger partial charge on any atom is -0.353 e. The molecule has 100 valence electrons. The number of hydrogen-bond donors (Lipinski definition) is 0. The van der Waals surface area contributed by atoms with Crippen LogP contribution in [0.15, 0.2) is 30.3 Å². The van der Waals surface area contributed by atoms with Crippen molar-refractivity contribution in [2.75, 3.05) is 11.9 Å². The molecule has 0 aliphatic rings. The van der Waals surface area contributed by atoms with Crippen LogP contribution in [0.2, 0.25) is 10.2 Å². The molecular formula is C14H15Cl2N3. The van der Waals surface area contributed by atoms with E-state index in [-0.39, 0.29) is 6.04 Å². The molecule has 0 saturated carbocycles. The molecule has 0 amide bonds. The Bertz CT molecular complexity index is 566. The van der Waals surface area contributed by atoms with Gasteiger partial charge in [0.25, 0.3) is 0 Å². The van der Waals surface area contributed by atoms with Crippen molar-refractivity contribution in [1.29, 1.82) is 0 Å². The van der Waals surface area contributed by atoms with Gasteiger partial charge in [0.05, 0.1) is 6.04 Å². The lowest BCUT2D eigenvalue weighted by atomic mass is 10.1. The Morgan fingerprint density at radius 1 is 1.16 bits per heavy atom. The summed E-state index contributed by atoms with van der Waals surface area (Å²) in [5, 5.41) is 1.19. The molecule has 0 bridgehead atoms. The molecule has 1 aromatic carbocycles. The van der Waals surface area contributed by atoms with Crippen LogP contribution in [-0.4, -0.2) is 17.0 Å². The number of benzene rings is 1. The van der Waals surface area contributed by atoms with Crippen molar-refractivity contribution in [1.82, 2.24) is 9.97 Å². The third-order valence-corrected chi connectivity index (χ3v) is 3.63. The average Bonchev–Trinajstić information content (AvgIpc) is 2.36. The number of anilines is 1. The van der Waals surface area contributed by atoms with Gasteiger partial charge in [0.15, 0.2) is 0 Å². The second kappa shape index (κ2) is 5.76. The van der Waals surface area contributed by atoms with Gasteiger partial charge in [0, 0.05) is 18.1 Å². The molecule has 1 unspecified atom stereocenters. The normalized spacial score (nSPS) is 12.3. The Balaban J connectivity index is 2.33. The SMILES string of the molecule is Cc1nc(Cl)cc(N(C)C(C)c2ccccc2Cl)n1. The Morgan fingerprint density at radius 3 is 2.47 bits per heavy atom. The number of aromatic nitrogens is 2. The van der Waals surface area contributed by atoms with Crippen molar-refractivity contribution in [3.8, 4) is 0 Å². The zero-order valence-electron chi connectivity index (χ0n) is 11.1. The van der Waals surface area contributed by atoms with Crippen LogP contribution in [0.5, 0.6) is 0 Å². The van der Waals surface area contributed by atoms with Crippen LogP contribution >= 0.6 is 23.2 Å². The predicted octanol–water partition coefficient (Wildman–Crippen LogP) is 4.29. The van der Waals surface area contributed by atoms with E-state index in [1.807, 2.05) is 43.1 Å². The largest absolute Gasteiger partial charge is 0.353 e. The number of nitrogens with zero attached hydrogens (tertiary/aromatic N) is 3. The third-order valence-electron chi connectivity index (χ3n) is 3.09. The fourth-order valence-electron chi connectivity index (χ4n) is 1.92.